The van der Waals surface area contributed by atoms with Gasteiger partial charge in [0.2, 0.25) is 5.91 Å². The van der Waals surface area contributed by atoms with E-state index in [2.05, 4.69) is 17.0 Å². The maximum absolute atomic E-state index is 11.7. The third kappa shape index (κ3) is 3.29. The summed E-state index contributed by atoms with van der Waals surface area (Å²) in [6.45, 7) is 8.01. The lowest BCUT2D eigenvalue weighted by molar-refractivity contribution is -0.121. The van der Waals surface area contributed by atoms with Gasteiger partial charge in [-0.05, 0) is 51.1 Å². The Morgan fingerprint density at radius 2 is 2.23 bits per heavy atom. The molecule has 1 aromatic carbocycles. The highest BCUT2D eigenvalue weighted by Crippen LogP contribution is 2.46. The number of nitrogens with zero attached hydrogens (tertiary/aromatic N) is 1. The number of hydrogen-bond donors (Lipinski definition) is 2. The van der Waals surface area contributed by atoms with E-state index in [1.54, 1.807) is 12.1 Å². The first-order valence-corrected chi connectivity index (χ1v) is 8.67. The molecule has 1 aliphatic heterocycles. The first-order valence-electron chi connectivity index (χ1n) is 8.67. The van der Waals surface area contributed by atoms with Crippen molar-refractivity contribution in [1.82, 2.24) is 5.32 Å². The zero-order chi connectivity index (χ0) is 18.8. The highest BCUT2D eigenvalue weighted by molar-refractivity contribution is 5.97. The van der Waals surface area contributed by atoms with Crippen LogP contribution in [0, 0.1) is 11.8 Å². The van der Waals surface area contributed by atoms with Gasteiger partial charge in [0, 0.05) is 11.5 Å². The Labute approximate surface area is 152 Å². The van der Waals surface area contributed by atoms with Gasteiger partial charge in [-0.1, -0.05) is 0 Å². The van der Waals surface area contributed by atoms with Crippen LogP contribution in [0.5, 0.6) is 5.75 Å². The molecule has 2 aliphatic rings. The fourth-order valence-electron chi connectivity index (χ4n) is 3.38. The van der Waals surface area contributed by atoms with Crippen LogP contribution in [0.1, 0.15) is 36.2 Å². The topological polar surface area (TPSA) is 103 Å². The van der Waals surface area contributed by atoms with Gasteiger partial charge in [0.25, 0.3) is 5.91 Å². The van der Waals surface area contributed by atoms with Crippen LogP contribution in [0.4, 0.5) is 5.69 Å². The molecule has 0 bridgehead atoms. The van der Waals surface area contributed by atoms with Crippen molar-refractivity contribution in [1.29, 1.82) is 0 Å². The first kappa shape index (κ1) is 18.0. The molecule has 0 aromatic heterocycles. The van der Waals surface area contributed by atoms with E-state index in [1.807, 2.05) is 19.9 Å². The Bertz CT molecular complexity index is 787. The molecule has 3 atom stereocenters. The van der Waals surface area contributed by atoms with Crippen LogP contribution in [-0.2, 0) is 9.53 Å². The summed E-state index contributed by atoms with van der Waals surface area (Å²) in [5.74, 6) is 1.01. The summed E-state index contributed by atoms with van der Waals surface area (Å²) in [7, 11) is 0. The molecule has 1 aromatic rings. The number of carbonyl (C=O) groups is 2. The second-order valence-electron chi connectivity index (χ2n) is 6.41. The zero-order valence-corrected chi connectivity index (χ0v) is 15.0. The summed E-state index contributed by atoms with van der Waals surface area (Å²) in [6.07, 6.45) is 2.75. The number of nitrogens with one attached hydrogen (secondary N) is 1. The number of primary amides is 1. The van der Waals surface area contributed by atoms with E-state index in [0.717, 1.165) is 6.42 Å². The van der Waals surface area contributed by atoms with Crippen LogP contribution in [0.15, 0.2) is 23.2 Å². The molecule has 0 spiro atoms. The summed E-state index contributed by atoms with van der Waals surface area (Å²) in [4.78, 5) is 27.3. The minimum Gasteiger partial charge on any atom is -0.493 e. The van der Waals surface area contributed by atoms with Crippen LogP contribution in [0.2, 0.25) is 0 Å². The molecule has 7 heteroatoms. The van der Waals surface area contributed by atoms with Crippen molar-refractivity contribution < 1.29 is 19.1 Å². The second-order valence-corrected chi connectivity index (χ2v) is 6.41. The number of benzene rings is 1. The normalized spacial score (nSPS) is 23.8. The van der Waals surface area contributed by atoms with Crippen molar-refractivity contribution in [2.75, 3.05) is 13.2 Å². The van der Waals surface area contributed by atoms with Gasteiger partial charge < -0.3 is 20.5 Å². The van der Waals surface area contributed by atoms with E-state index >= 15 is 0 Å². The summed E-state index contributed by atoms with van der Waals surface area (Å²) in [5.41, 5.74) is 6.82. The fraction of sp³-hybridized carbons (Fsp3) is 0.421. The molecule has 1 aliphatic carbocycles. The summed E-state index contributed by atoms with van der Waals surface area (Å²) >= 11 is 0. The molecule has 138 valence electrons. The van der Waals surface area contributed by atoms with Gasteiger partial charge in [0.1, 0.15) is 18.1 Å². The van der Waals surface area contributed by atoms with Crippen molar-refractivity contribution in [2.45, 2.75) is 26.3 Å². The third-order valence-electron chi connectivity index (χ3n) is 4.80. The van der Waals surface area contributed by atoms with Crippen molar-refractivity contribution in [3.63, 3.8) is 0 Å². The van der Waals surface area contributed by atoms with Gasteiger partial charge in [0.15, 0.2) is 0 Å². The van der Waals surface area contributed by atoms with Crippen LogP contribution >= 0.6 is 0 Å². The van der Waals surface area contributed by atoms with Crippen LogP contribution < -0.4 is 15.8 Å². The number of amides is 2. The highest BCUT2D eigenvalue weighted by atomic mass is 16.5. The second kappa shape index (κ2) is 7.19. The number of piperidine rings is 1. The molecule has 2 fully saturated rings. The lowest BCUT2D eigenvalue weighted by atomic mass is 10.0. The smallest absolute Gasteiger partial charge is 0.252 e. The average molecular weight is 357 g/mol. The standard InChI is InChI=1S/C19H23N3O4/c1-4-16(26-9-15-10-6-11(10)19(24)22-15)12-8-17(25-5-2)13(18(20)23)7-14(12)21-3/h4,7-8,10-11,15H,3,5-6,9H2,1-2H3,(H2,20,23)(H,22,24)/b16-4+/t10-,11+,15+/m0/s1. The van der Waals surface area contributed by atoms with E-state index < -0.39 is 5.91 Å². The molecule has 1 saturated heterocycles. The predicted octanol–water partition coefficient (Wildman–Crippen LogP) is 2.03. The average Bonchev–Trinajstić information content (AvgIpc) is 3.36. The van der Waals surface area contributed by atoms with Gasteiger partial charge in [-0.15, -0.1) is 0 Å². The van der Waals surface area contributed by atoms with E-state index in [1.165, 1.54) is 0 Å². The summed E-state index contributed by atoms with van der Waals surface area (Å²) < 4.78 is 11.5. The molecule has 1 heterocycles. The Kier molecular flexibility index (Phi) is 4.97. The maximum atomic E-state index is 11.7. The van der Waals surface area contributed by atoms with Gasteiger partial charge in [-0.3, -0.25) is 14.6 Å². The monoisotopic (exact) mass is 357 g/mol. The number of hydrogen-bond acceptors (Lipinski definition) is 5. The van der Waals surface area contributed by atoms with Gasteiger partial charge in [-0.2, -0.15) is 0 Å². The molecule has 3 rings (SSSR count). The van der Waals surface area contributed by atoms with Crippen molar-refractivity contribution >= 4 is 30.0 Å². The van der Waals surface area contributed by atoms with Crippen LogP contribution in [0.3, 0.4) is 0 Å². The number of allylic oxidation sites excluding steroid dienone is 1. The summed E-state index contributed by atoms with van der Waals surface area (Å²) in [6, 6.07) is 3.27. The Morgan fingerprint density at radius 1 is 1.46 bits per heavy atom. The van der Waals surface area contributed by atoms with E-state index in [0.29, 0.717) is 41.9 Å². The first-order chi connectivity index (χ1) is 12.5. The van der Waals surface area contributed by atoms with Crippen LogP contribution in [0.25, 0.3) is 5.76 Å². The van der Waals surface area contributed by atoms with Crippen LogP contribution in [-0.4, -0.2) is 37.8 Å². The molecule has 2 amide bonds. The lowest BCUT2D eigenvalue weighted by Crippen LogP contribution is -2.34. The largest absolute Gasteiger partial charge is 0.493 e. The Balaban J connectivity index is 1.84. The number of carbonyl (C=O) groups excluding carboxylic acids is 2. The van der Waals surface area contributed by atoms with Crippen molar-refractivity contribution in [3.8, 4) is 5.75 Å². The van der Waals surface area contributed by atoms with E-state index in [-0.39, 0.29) is 23.4 Å². The number of nitrogens with two attached hydrogens (primary N) is 1. The highest BCUT2D eigenvalue weighted by Gasteiger charge is 2.54. The molecule has 7 nitrogen and oxygen atoms in total. The van der Waals surface area contributed by atoms with Gasteiger partial charge >= 0.3 is 0 Å². The van der Waals surface area contributed by atoms with Crippen molar-refractivity contribution in [2.24, 2.45) is 22.6 Å². The molecule has 26 heavy (non-hydrogen) atoms. The number of rotatable bonds is 8. The van der Waals surface area contributed by atoms with Gasteiger partial charge in [-0.25, -0.2) is 0 Å². The van der Waals surface area contributed by atoms with Crippen molar-refractivity contribution in [3.05, 3.63) is 29.3 Å². The minimum absolute atomic E-state index is 0.0267. The molecule has 1 saturated carbocycles. The SMILES string of the molecule is C=Nc1cc(C(N)=O)c(OCC)cc1/C(=C\C)OC[C@H]1NC(=O)[C@@H]2C[C@H]12. The fourth-order valence-corrected chi connectivity index (χ4v) is 3.38. The number of fused-ring (bicyclic) bond motifs is 1. The minimum atomic E-state index is -0.596. The Morgan fingerprint density at radius 3 is 2.73 bits per heavy atom. The Hall–Kier alpha value is -2.83. The van der Waals surface area contributed by atoms with Gasteiger partial charge in [0.05, 0.1) is 23.9 Å². The maximum Gasteiger partial charge on any atom is 0.252 e. The summed E-state index contributed by atoms with van der Waals surface area (Å²) in [5, 5.41) is 2.96. The zero-order valence-electron chi connectivity index (χ0n) is 15.0. The molecular formula is C19H23N3O4. The number of ether oxygens (including phenoxy) is 2. The number of aliphatic imine (C=N–C) groups is 1. The molecule has 3 N–H and O–H groups in total. The third-order valence-corrected chi connectivity index (χ3v) is 4.80. The molecule has 0 unspecified atom stereocenters. The molecule has 0 radical (unpaired) electrons. The molecular weight excluding hydrogens is 334 g/mol. The predicted molar refractivity (Wildman–Crippen MR) is 98.5 cm³/mol. The van der Waals surface area contributed by atoms with E-state index in [4.69, 9.17) is 15.2 Å². The quantitative estimate of drug-likeness (QED) is 0.549. The lowest BCUT2D eigenvalue weighted by Gasteiger charge is -2.19. The van der Waals surface area contributed by atoms with E-state index in [9.17, 15) is 9.59 Å².